The first-order valence-electron chi connectivity index (χ1n) is 12.5. The van der Waals surface area contributed by atoms with Gasteiger partial charge in [0, 0.05) is 22.6 Å². The van der Waals surface area contributed by atoms with Crippen LogP contribution in [0.1, 0.15) is 37.6 Å². The van der Waals surface area contributed by atoms with Crippen LogP contribution in [0.5, 0.6) is 23.1 Å². The molecule has 0 aliphatic carbocycles. The summed E-state index contributed by atoms with van der Waals surface area (Å²) in [6.07, 6.45) is 1.49. The first kappa shape index (κ1) is 25.3. The molecule has 0 saturated carbocycles. The maximum atomic E-state index is 6.42. The first-order chi connectivity index (χ1) is 18.2. The van der Waals surface area contributed by atoms with E-state index in [-0.39, 0.29) is 5.41 Å². The summed E-state index contributed by atoms with van der Waals surface area (Å²) in [5.74, 6) is 2.33. The summed E-state index contributed by atoms with van der Waals surface area (Å²) in [6, 6.07) is 20.3. The molecule has 194 valence electrons. The van der Waals surface area contributed by atoms with Crippen molar-refractivity contribution in [2.24, 2.45) is 0 Å². The Labute approximate surface area is 223 Å². The molecule has 3 aromatic carbocycles. The maximum absolute atomic E-state index is 6.42. The molecular weight excluding hydrogens is 476 g/mol. The Morgan fingerprint density at radius 3 is 2.18 bits per heavy atom. The van der Waals surface area contributed by atoms with E-state index >= 15 is 0 Å². The van der Waals surface area contributed by atoms with E-state index in [0.717, 1.165) is 33.6 Å². The second kappa shape index (κ2) is 9.82. The van der Waals surface area contributed by atoms with Crippen LogP contribution in [-0.2, 0) is 5.41 Å². The molecule has 0 fully saturated rings. The van der Waals surface area contributed by atoms with Gasteiger partial charge in [0.05, 0.1) is 42.2 Å². The molecule has 0 aliphatic rings. The Morgan fingerprint density at radius 1 is 0.789 bits per heavy atom. The summed E-state index contributed by atoms with van der Waals surface area (Å²) < 4.78 is 19.4. The van der Waals surface area contributed by atoms with Gasteiger partial charge in [-0.25, -0.2) is 14.6 Å². The summed E-state index contributed by atoms with van der Waals surface area (Å²) in [5, 5.41) is 5.75. The molecule has 0 saturated heterocycles. The lowest BCUT2D eigenvalue weighted by Crippen LogP contribution is -2.12. The van der Waals surface area contributed by atoms with E-state index in [1.54, 1.807) is 14.2 Å². The zero-order chi connectivity index (χ0) is 27.0. The van der Waals surface area contributed by atoms with E-state index in [1.165, 1.54) is 11.9 Å². The minimum atomic E-state index is -0.104. The lowest BCUT2D eigenvalue weighted by atomic mass is 9.91. The third kappa shape index (κ3) is 4.67. The molecule has 2 heterocycles. The molecule has 0 atom stereocenters. The fraction of sp³-hybridized carbons (Fsp3) is 0.258. The van der Waals surface area contributed by atoms with Crippen molar-refractivity contribution in [2.75, 3.05) is 14.2 Å². The third-order valence-corrected chi connectivity index (χ3v) is 6.63. The molecule has 0 spiro atoms. The first-order valence-corrected chi connectivity index (χ1v) is 12.5. The quantitative estimate of drug-likeness (QED) is 0.241. The summed E-state index contributed by atoms with van der Waals surface area (Å²) in [6.45, 7) is 10.7. The van der Waals surface area contributed by atoms with Crippen LogP contribution >= 0.6 is 0 Å². The van der Waals surface area contributed by atoms with Gasteiger partial charge in [-0.15, -0.1) is 0 Å². The van der Waals surface area contributed by atoms with Crippen LogP contribution in [0.3, 0.4) is 0 Å². The topological polar surface area (TPSA) is 71.3 Å². The van der Waals surface area contributed by atoms with Crippen molar-refractivity contribution in [1.29, 1.82) is 0 Å². The van der Waals surface area contributed by atoms with Crippen LogP contribution in [-0.4, -0.2) is 34.0 Å². The Morgan fingerprint density at radius 2 is 1.50 bits per heavy atom. The van der Waals surface area contributed by atoms with Gasteiger partial charge in [0.25, 0.3) is 0 Å². The average molecular weight is 509 g/mol. The summed E-state index contributed by atoms with van der Waals surface area (Å²) in [7, 11) is 3.20. The predicted octanol–water partition coefficient (Wildman–Crippen LogP) is 7.21. The van der Waals surface area contributed by atoms with Crippen LogP contribution in [0.25, 0.3) is 27.8 Å². The van der Waals surface area contributed by atoms with Gasteiger partial charge in [-0.05, 0) is 44.2 Å². The molecule has 0 unspecified atom stereocenters. The number of fused-ring (bicyclic) bond motifs is 1. The Bertz CT molecular complexity index is 1620. The molecule has 2 aromatic heterocycles. The molecule has 5 rings (SSSR count). The van der Waals surface area contributed by atoms with E-state index in [1.807, 2.05) is 28.9 Å². The average Bonchev–Trinajstić information content (AvgIpc) is 3.35. The monoisotopic (exact) mass is 508 g/mol. The molecule has 0 amide bonds. The standard InChI is InChI=1S/C31H32N4O3/c1-19-11-13-21(14-12-19)35-25(17-29(34-35)31(3,4)5)22-9-8-10-26(20(22)2)38-30-23-15-27(36-6)28(37-7)16-24(23)32-18-33-30/h8-18H,1-7H3. The van der Waals surface area contributed by atoms with Gasteiger partial charge in [-0.1, -0.05) is 50.6 Å². The Kier molecular flexibility index (Phi) is 6.53. The van der Waals surface area contributed by atoms with E-state index < -0.39 is 0 Å². The van der Waals surface area contributed by atoms with Gasteiger partial charge in [0.1, 0.15) is 12.1 Å². The highest BCUT2D eigenvalue weighted by Gasteiger charge is 2.23. The Balaban J connectivity index is 1.62. The fourth-order valence-corrected chi connectivity index (χ4v) is 4.37. The zero-order valence-corrected chi connectivity index (χ0v) is 22.9. The normalized spacial score (nSPS) is 11.6. The van der Waals surface area contributed by atoms with Crippen molar-refractivity contribution < 1.29 is 14.2 Å². The van der Waals surface area contributed by atoms with Crippen LogP contribution in [0.15, 0.2) is 67.0 Å². The van der Waals surface area contributed by atoms with E-state index in [9.17, 15) is 0 Å². The number of aryl methyl sites for hydroxylation is 1. The van der Waals surface area contributed by atoms with E-state index in [0.29, 0.717) is 28.6 Å². The summed E-state index contributed by atoms with van der Waals surface area (Å²) >= 11 is 0. The van der Waals surface area contributed by atoms with Crippen molar-refractivity contribution in [1.82, 2.24) is 19.7 Å². The smallest absolute Gasteiger partial charge is 0.230 e. The highest BCUT2D eigenvalue weighted by molar-refractivity contribution is 5.87. The lowest BCUT2D eigenvalue weighted by molar-refractivity contribution is 0.355. The number of nitrogens with zero attached hydrogens (tertiary/aromatic N) is 4. The largest absolute Gasteiger partial charge is 0.493 e. The second-order valence-electron chi connectivity index (χ2n) is 10.3. The van der Waals surface area contributed by atoms with Crippen molar-refractivity contribution in [3.63, 3.8) is 0 Å². The molecule has 7 nitrogen and oxygen atoms in total. The van der Waals surface area contributed by atoms with Gasteiger partial charge in [-0.3, -0.25) is 0 Å². The van der Waals surface area contributed by atoms with Crippen molar-refractivity contribution in [3.8, 4) is 40.1 Å². The van der Waals surface area contributed by atoms with Crippen LogP contribution in [0.4, 0.5) is 0 Å². The molecule has 5 aromatic rings. The number of aromatic nitrogens is 4. The van der Waals surface area contributed by atoms with Crippen LogP contribution < -0.4 is 14.2 Å². The number of benzene rings is 3. The van der Waals surface area contributed by atoms with Gasteiger partial charge in [-0.2, -0.15) is 5.10 Å². The van der Waals surface area contributed by atoms with Crippen molar-refractivity contribution in [3.05, 3.63) is 83.8 Å². The van der Waals surface area contributed by atoms with Gasteiger partial charge in [0.15, 0.2) is 11.5 Å². The number of rotatable bonds is 6. The molecule has 0 bridgehead atoms. The highest BCUT2D eigenvalue weighted by atomic mass is 16.5. The van der Waals surface area contributed by atoms with Crippen LogP contribution in [0.2, 0.25) is 0 Å². The van der Waals surface area contributed by atoms with Gasteiger partial charge in [0.2, 0.25) is 5.88 Å². The fourth-order valence-electron chi connectivity index (χ4n) is 4.37. The molecule has 0 N–H and O–H groups in total. The van der Waals surface area contributed by atoms with Gasteiger partial charge < -0.3 is 14.2 Å². The third-order valence-electron chi connectivity index (χ3n) is 6.63. The number of methoxy groups -OCH3 is 2. The predicted molar refractivity (Wildman–Crippen MR) is 150 cm³/mol. The van der Waals surface area contributed by atoms with Crippen molar-refractivity contribution >= 4 is 10.9 Å². The summed E-state index contributed by atoms with van der Waals surface area (Å²) in [4.78, 5) is 8.83. The molecule has 0 aliphatic heterocycles. The number of hydrogen-bond acceptors (Lipinski definition) is 6. The summed E-state index contributed by atoms with van der Waals surface area (Å²) in [5.41, 5.74) is 6.84. The molecule has 0 radical (unpaired) electrons. The molecular formula is C31H32N4O3. The van der Waals surface area contributed by atoms with Gasteiger partial charge >= 0.3 is 0 Å². The van der Waals surface area contributed by atoms with E-state index in [2.05, 4.69) is 81.0 Å². The minimum Gasteiger partial charge on any atom is -0.493 e. The zero-order valence-electron chi connectivity index (χ0n) is 22.9. The lowest BCUT2D eigenvalue weighted by Gasteiger charge is -2.15. The number of ether oxygens (including phenoxy) is 3. The molecule has 38 heavy (non-hydrogen) atoms. The molecule has 7 heteroatoms. The maximum Gasteiger partial charge on any atom is 0.230 e. The SMILES string of the molecule is COc1cc2ncnc(Oc3cccc(-c4cc(C(C)(C)C)nn4-c4ccc(C)cc4)c3C)c2cc1OC. The Hall–Kier alpha value is -4.39. The second-order valence-corrected chi connectivity index (χ2v) is 10.3. The van der Waals surface area contributed by atoms with E-state index in [4.69, 9.17) is 19.3 Å². The number of hydrogen-bond donors (Lipinski definition) is 0. The highest BCUT2D eigenvalue weighted by Crippen LogP contribution is 2.39. The van der Waals surface area contributed by atoms with Crippen LogP contribution in [0, 0.1) is 13.8 Å². The minimum absolute atomic E-state index is 0.104. The van der Waals surface area contributed by atoms with Crippen molar-refractivity contribution in [2.45, 2.75) is 40.0 Å².